The van der Waals surface area contributed by atoms with Crippen LogP contribution < -0.4 is 10.0 Å². The molecule has 3 aromatic carbocycles. The second-order valence-corrected chi connectivity index (χ2v) is 9.42. The van der Waals surface area contributed by atoms with E-state index in [1.807, 2.05) is 12.1 Å². The van der Waals surface area contributed by atoms with Gasteiger partial charge in [0, 0.05) is 29.0 Å². The maximum absolute atomic E-state index is 13.4. The van der Waals surface area contributed by atoms with E-state index in [0.29, 0.717) is 33.4 Å². The van der Waals surface area contributed by atoms with Crippen LogP contribution >= 0.6 is 0 Å². The van der Waals surface area contributed by atoms with Crippen LogP contribution in [0, 0.1) is 5.82 Å². The number of benzene rings is 3. The van der Waals surface area contributed by atoms with Gasteiger partial charge in [-0.3, -0.25) is 4.79 Å². The largest absolute Gasteiger partial charge is 0.322 e. The van der Waals surface area contributed by atoms with Crippen molar-refractivity contribution >= 4 is 38.5 Å². The van der Waals surface area contributed by atoms with Gasteiger partial charge in [-0.25, -0.2) is 32.5 Å². The quantitative estimate of drug-likeness (QED) is 0.344. The number of fused-ring (bicyclic) bond motifs is 1. The van der Waals surface area contributed by atoms with Crippen molar-refractivity contribution in [3.8, 4) is 11.3 Å². The second-order valence-electron chi connectivity index (χ2n) is 7.74. The van der Waals surface area contributed by atoms with Crippen LogP contribution in [0.25, 0.3) is 22.2 Å². The highest BCUT2D eigenvalue weighted by Gasteiger charge is 2.17. The molecule has 0 atom stereocenters. The highest BCUT2D eigenvalue weighted by molar-refractivity contribution is 7.92. The molecule has 0 aliphatic rings. The van der Waals surface area contributed by atoms with Crippen molar-refractivity contribution in [2.75, 3.05) is 10.0 Å². The third-order valence-electron chi connectivity index (χ3n) is 5.31. The van der Waals surface area contributed by atoms with Crippen LogP contribution in [0.1, 0.15) is 10.4 Å². The van der Waals surface area contributed by atoms with Crippen LogP contribution in [0.5, 0.6) is 0 Å². The van der Waals surface area contributed by atoms with Crippen molar-refractivity contribution in [1.82, 2.24) is 15.0 Å². The van der Waals surface area contributed by atoms with Gasteiger partial charge in [0.1, 0.15) is 5.82 Å². The van der Waals surface area contributed by atoms with Crippen LogP contribution in [-0.2, 0) is 10.0 Å². The highest BCUT2D eigenvalue weighted by atomic mass is 32.2. The lowest BCUT2D eigenvalue weighted by molar-refractivity contribution is 0.102. The fourth-order valence-electron chi connectivity index (χ4n) is 3.58. The second kappa shape index (κ2) is 9.51. The third kappa shape index (κ3) is 4.89. The van der Waals surface area contributed by atoms with Gasteiger partial charge in [-0.2, -0.15) is 0 Å². The van der Waals surface area contributed by atoms with E-state index in [9.17, 15) is 17.6 Å². The van der Waals surface area contributed by atoms with Crippen LogP contribution in [-0.4, -0.2) is 29.3 Å². The summed E-state index contributed by atoms with van der Waals surface area (Å²) in [5.74, 6) is -0.811. The van der Waals surface area contributed by atoms with E-state index in [4.69, 9.17) is 0 Å². The summed E-state index contributed by atoms with van der Waals surface area (Å²) < 4.78 is 40.9. The van der Waals surface area contributed by atoms with Crippen molar-refractivity contribution in [3.05, 3.63) is 109 Å². The summed E-state index contributed by atoms with van der Waals surface area (Å²) >= 11 is 0. The zero-order valence-electron chi connectivity index (χ0n) is 18.6. The molecule has 2 N–H and O–H groups in total. The zero-order chi connectivity index (χ0) is 25.1. The van der Waals surface area contributed by atoms with Gasteiger partial charge >= 0.3 is 0 Å². The minimum Gasteiger partial charge on any atom is -0.322 e. The van der Waals surface area contributed by atoms with E-state index in [1.54, 1.807) is 36.4 Å². The van der Waals surface area contributed by atoms with Crippen molar-refractivity contribution in [1.29, 1.82) is 0 Å². The summed E-state index contributed by atoms with van der Waals surface area (Å²) in [5.41, 5.74) is 2.58. The lowest BCUT2D eigenvalue weighted by atomic mass is 10.0. The maximum Gasteiger partial charge on any atom is 0.264 e. The molecule has 5 aromatic rings. The molecule has 0 radical (unpaired) electrons. The number of amides is 1. The van der Waals surface area contributed by atoms with Gasteiger partial charge in [0.05, 0.1) is 21.7 Å². The van der Waals surface area contributed by atoms with Gasteiger partial charge in [-0.05, 0) is 66.7 Å². The number of aromatic nitrogens is 3. The first kappa shape index (κ1) is 23.1. The van der Waals surface area contributed by atoms with E-state index in [2.05, 4.69) is 25.0 Å². The number of sulfonamides is 1. The molecule has 2 aromatic heterocycles. The Kier molecular flexibility index (Phi) is 6.09. The van der Waals surface area contributed by atoms with Gasteiger partial charge in [0.2, 0.25) is 5.95 Å². The normalized spacial score (nSPS) is 11.2. The fourth-order valence-corrected chi connectivity index (χ4v) is 4.54. The summed E-state index contributed by atoms with van der Waals surface area (Å²) in [7, 11) is -3.90. The molecule has 36 heavy (non-hydrogen) atoms. The molecule has 178 valence electrons. The standard InChI is InChI=1S/C26H18FN5O3S/c27-18-8-6-17(7-9-18)24-16-22(21-4-1-2-5-23(21)31-24)25(33)30-19-10-12-20(13-11-19)36(34,35)32-26-28-14-3-15-29-26/h1-16H,(H,30,33)(H,28,29,32). The number of rotatable bonds is 6. The Morgan fingerprint density at radius 1 is 0.833 bits per heavy atom. The van der Waals surface area contributed by atoms with Gasteiger partial charge in [0.15, 0.2) is 0 Å². The Balaban J connectivity index is 1.42. The topological polar surface area (TPSA) is 114 Å². The Morgan fingerprint density at radius 3 is 2.25 bits per heavy atom. The molecule has 5 rings (SSSR count). The monoisotopic (exact) mass is 499 g/mol. The molecule has 0 aliphatic heterocycles. The Bertz CT molecular complexity index is 1660. The molecule has 8 nitrogen and oxygen atoms in total. The van der Waals surface area contributed by atoms with Crippen LogP contribution in [0.4, 0.5) is 16.0 Å². The first-order valence-corrected chi connectivity index (χ1v) is 12.2. The highest BCUT2D eigenvalue weighted by Crippen LogP contribution is 2.26. The zero-order valence-corrected chi connectivity index (χ0v) is 19.4. The van der Waals surface area contributed by atoms with Gasteiger partial charge < -0.3 is 5.32 Å². The summed E-state index contributed by atoms with van der Waals surface area (Å²) in [6, 6.07) is 22.0. The number of nitrogens with zero attached hydrogens (tertiary/aromatic N) is 3. The van der Waals surface area contributed by atoms with Crippen molar-refractivity contribution < 1.29 is 17.6 Å². The van der Waals surface area contributed by atoms with Crippen LogP contribution in [0.15, 0.2) is 102 Å². The van der Waals surface area contributed by atoms with Crippen LogP contribution in [0.2, 0.25) is 0 Å². The van der Waals surface area contributed by atoms with Crippen molar-refractivity contribution in [2.24, 2.45) is 0 Å². The minimum atomic E-state index is -3.90. The number of hydrogen-bond acceptors (Lipinski definition) is 6. The van der Waals surface area contributed by atoms with Crippen LogP contribution in [0.3, 0.4) is 0 Å². The lowest BCUT2D eigenvalue weighted by Gasteiger charge is -2.11. The minimum absolute atomic E-state index is 0.0130. The van der Waals surface area contributed by atoms with E-state index in [0.717, 1.165) is 0 Å². The smallest absolute Gasteiger partial charge is 0.264 e. The number of carbonyl (C=O) groups excluding carboxylic acids is 1. The van der Waals surface area contributed by atoms with E-state index >= 15 is 0 Å². The van der Waals surface area contributed by atoms with Crippen molar-refractivity contribution in [3.63, 3.8) is 0 Å². The summed E-state index contributed by atoms with van der Waals surface area (Å²) in [6.07, 6.45) is 2.85. The predicted molar refractivity (Wildman–Crippen MR) is 134 cm³/mol. The number of pyridine rings is 1. The average Bonchev–Trinajstić information content (AvgIpc) is 2.89. The molecule has 0 aliphatic carbocycles. The SMILES string of the molecule is O=C(Nc1ccc(S(=O)(=O)Nc2ncccn2)cc1)c1cc(-c2ccc(F)cc2)nc2ccccc12. The lowest BCUT2D eigenvalue weighted by Crippen LogP contribution is -2.15. The van der Waals surface area contributed by atoms with E-state index in [1.165, 1.54) is 48.8 Å². The number of nitrogens with one attached hydrogen (secondary N) is 2. The summed E-state index contributed by atoms with van der Waals surface area (Å²) in [5, 5.41) is 3.45. The summed E-state index contributed by atoms with van der Waals surface area (Å²) in [6.45, 7) is 0. The maximum atomic E-state index is 13.4. The Morgan fingerprint density at radius 2 is 1.53 bits per heavy atom. The molecule has 0 bridgehead atoms. The molecule has 0 saturated heterocycles. The molecule has 0 spiro atoms. The number of para-hydroxylation sites is 1. The first-order chi connectivity index (χ1) is 17.4. The first-order valence-electron chi connectivity index (χ1n) is 10.8. The molecular formula is C26H18FN5O3S. The Labute approximate surface area is 205 Å². The summed E-state index contributed by atoms with van der Waals surface area (Å²) in [4.78, 5) is 25.6. The molecule has 0 saturated carbocycles. The molecule has 0 unspecified atom stereocenters. The average molecular weight is 500 g/mol. The number of halogens is 1. The van der Waals surface area contributed by atoms with Crippen molar-refractivity contribution in [2.45, 2.75) is 4.90 Å². The van der Waals surface area contributed by atoms with Gasteiger partial charge in [-0.15, -0.1) is 0 Å². The predicted octanol–water partition coefficient (Wildman–Crippen LogP) is 4.88. The number of carbonyl (C=O) groups is 1. The molecular weight excluding hydrogens is 481 g/mol. The van der Waals surface area contributed by atoms with Gasteiger partial charge in [-0.1, -0.05) is 18.2 Å². The Hall–Kier alpha value is -4.70. The molecule has 2 heterocycles. The molecule has 0 fully saturated rings. The number of hydrogen-bond donors (Lipinski definition) is 2. The van der Waals surface area contributed by atoms with Gasteiger partial charge in [0.25, 0.3) is 15.9 Å². The number of anilines is 2. The van der Waals surface area contributed by atoms with E-state index in [-0.39, 0.29) is 16.7 Å². The fraction of sp³-hybridized carbons (Fsp3) is 0. The third-order valence-corrected chi connectivity index (χ3v) is 6.66. The molecule has 1 amide bonds. The molecule has 10 heteroatoms. The van der Waals surface area contributed by atoms with E-state index < -0.39 is 15.9 Å².